The van der Waals surface area contributed by atoms with Gasteiger partial charge in [-0.15, -0.1) is 0 Å². The van der Waals surface area contributed by atoms with E-state index in [9.17, 15) is 0 Å². The van der Waals surface area contributed by atoms with Crippen molar-refractivity contribution in [2.45, 2.75) is 39.3 Å². The van der Waals surface area contributed by atoms with Crippen molar-refractivity contribution in [3.63, 3.8) is 0 Å². The van der Waals surface area contributed by atoms with Gasteiger partial charge in [0.1, 0.15) is 18.1 Å². The first-order chi connectivity index (χ1) is 7.79. The molecular formula is C13H21NO2. The first-order valence-electron chi connectivity index (χ1n) is 6.18. The van der Waals surface area contributed by atoms with E-state index in [-0.39, 0.29) is 6.61 Å². The maximum atomic E-state index is 8.87. The van der Waals surface area contributed by atoms with Crippen molar-refractivity contribution >= 4 is 0 Å². The highest BCUT2D eigenvalue weighted by Crippen LogP contribution is 2.30. The van der Waals surface area contributed by atoms with Gasteiger partial charge in [-0.1, -0.05) is 19.8 Å². The molecule has 0 spiro atoms. The Bertz CT molecular complexity index is 321. The summed E-state index contributed by atoms with van der Waals surface area (Å²) in [6.07, 6.45) is 4.11. The van der Waals surface area contributed by atoms with Crippen molar-refractivity contribution in [1.29, 1.82) is 0 Å². The summed E-state index contributed by atoms with van der Waals surface area (Å²) in [6, 6.07) is 3.76. The molecule has 1 aliphatic rings. The number of hydrogen-bond acceptors (Lipinski definition) is 3. The number of rotatable bonds is 5. The van der Waals surface area contributed by atoms with Crippen LogP contribution in [0.5, 0.6) is 0 Å². The molecule has 90 valence electrons. The van der Waals surface area contributed by atoms with Crippen LogP contribution in [-0.2, 0) is 13.2 Å². The molecule has 0 radical (unpaired) electrons. The predicted octanol–water partition coefficient (Wildman–Crippen LogP) is 2.30. The van der Waals surface area contributed by atoms with E-state index in [1.54, 1.807) is 0 Å². The highest BCUT2D eigenvalue weighted by molar-refractivity contribution is 5.06. The van der Waals surface area contributed by atoms with Gasteiger partial charge in [0, 0.05) is 0 Å². The van der Waals surface area contributed by atoms with Gasteiger partial charge in [-0.25, -0.2) is 0 Å². The number of hydrogen-bond donors (Lipinski definition) is 2. The van der Waals surface area contributed by atoms with Crippen molar-refractivity contribution in [1.82, 2.24) is 5.32 Å². The van der Waals surface area contributed by atoms with Gasteiger partial charge in [0.25, 0.3) is 0 Å². The summed E-state index contributed by atoms with van der Waals surface area (Å²) in [5.41, 5.74) is 0. The molecule has 2 rings (SSSR count). The fraction of sp³-hybridized carbons (Fsp3) is 0.692. The van der Waals surface area contributed by atoms with E-state index in [0.29, 0.717) is 5.76 Å². The Morgan fingerprint density at radius 2 is 2.19 bits per heavy atom. The average Bonchev–Trinajstić information content (AvgIpc) is 2.89. The van der Waals surface area contributed by atoms with Crippen LogP contribution in [0.1, 0.15) is 37.7 Å². The number of nitrogens with one attached hydrogen (secondary N) is 1. The van der Waals surface area contributed by atoms with E-state index >= 15 is 0 Å². The standard InChI is InChI=1S/C13H21NO2/c1-10-3-2-4-11(10)7-14-8-12-5-6-13(9-15)16-12/h5-6,10-11,14-15H,2-4,7-9H2,1H3. The SMILES string of the molecule is CC1CCCC1CNCc1ccc(CO)o1. The van der Waals surface area contributed by atoms with E-state index < -0.39 is 0 Å². The monoisotopic (exact) mass is 223 g/mol. The van der Waals surface area contributed by atoms with Crippen molar-refractivity contribution in [2.75, 3.05) is 6.54 Å². The van der Waals surface area contributed by atoms with Gasteiger partial charge in [0.15, 0.2) is 0 Å². The van der Waals surface area contributed by atoms with E-state index in [1.807, 2.05) is 12.1 Å². The lowest BCUT2D eigenvalue weighted by molar-refractivity contribution is 0.242. The van der Waals surface area contributed by atoms with Crippen LogP contribution in [0.15, 0.2) is 16.5 Å². The quantitative estimate of drug-likeness (QED) is 0.805. The molecule has 1 fully saturated rings. The molecule has 0 saturated heterocycles. The van der Waals surface area contributed by atoms with Crippen LogP contribution in [0.3, 0.4) is 0 Å². The van der Waals surface area contributed by atoms with Gasteiger partial charge >= 0.3 is 0 Å². The third-order valence-corrected chi connectivity index (χ3v) is 3.62. The Morgan fingerprint density at radius 3 is 2.81 bits per heavy atom. The summed E-state index contributed by atoms with van der Waals surface area (Å²) >= 11 is 0. The molecule has 1 aromatic heterocycles. The second-order valence-electron chi connectivity index (χ2n) is 4.83. The summed E-state index contributed by atoms with van der Waals surface area (Å²) in [4.78, 5) is 0. The highest BCUT2D eigenvalue weighted by atomic mass is 16.4. The molecule has 1 aliphatic carbocycles. The normalized spacial score (nSPS) is 25.1. The zero-order valence-corrected chi connectivity index (χ0v) is 9.91. The second kappa shape index (κ2) is 5.51. The van der Waals surface area contributed by atoms with Crippen molar-refractivity contribution in [3.8, 4) is 0 Å². The van der Waals surface area contributed by atoms with Crippen LogP contribution >= 0.6 is 0 Å². The predicted molar refractivity (Wildman–Crippen MR) is 62.8 cm³/mol. The fourth-order valence-electron chi connectivity index (χ4n) is 2.51. The van der Waals surface area contributed by atoms with E-state index in [4.69, 9.17) is 9.52 Å². The molecule has 0 amide bonds. The Kier molecular flexibility index (Phi) is 4.02. The topological polar surface area (TPSA) is 45.4 Å². The van der Waals surface area contributed by atoms with E-state index in [2.05, 4.69) is 12.2 Å². The minimum atomic E-state index is -0.0142. The average molecular weight is 223 g/mol. The lowest BCUT2D eigenvalue weighted by Crippen LogP contribution is -2.23. The number of aliphatic hydroxyl groups is 1. The third kappa shape index (κ3) is 2.86. The molecule has 1 aromatic rings. The van der Waals surface area contributed by atoms with Crippen molar-refractivity contribution in [3.05, 3.63) is 23.7 Å². The van der Waals surface area contributed by atoms with Crippen LogP contribution in [0, 0.1) is 11.8 Å². The van der Waals surface area contributed by atoms with Gasteiger partial charge in [-0.05, 0) is 36.9 Å². The van der Waals surface area contributed by atoms with Gasteiger partial charge in [-0.2, -0.15) is 0 Å². The molecule has 2 unspecified atom stereocenters. The Balaban J connectivity index is 1.71. The Morgan fingerprint density at radius 1 is 1.38 bits per heavy atom. The van der Waals surface area contributed by atoms with E-state index in [0.717, 1.165) is 30.7 Å². The minimum absolute atomic E-state index is 0.0142. The van der Waals surface area contributed by atoms with Crippen LogP contribution in [0.25, 0.3) is 0 Å². The van der Waals surface area contributed by atoms with Gasteiger partial charge in [-0.3, -0.25) is 0 Å². The van der Waals surface area contributed by atoms with Gasteiger partial charge in [0.05, 0.1) is 6.54 Å². The molecular weight excluding hydrogens is 202 g/mol. The number of aliphatic hydroxyl groups excluding tert-OH is 1. The third-order valence-electron chi connectivity index (χ3n) is 3.62. The summed E-state index contributed by atoms with van der Waals surface area (Å²) in [5.74, 6) is 3.24. The number of furan rings is 1. The highest BCUT2D eigenvalue weighted by Gasteiger charge is 2.22. The molecule has 16 heavy (non-hydrogen) atoms. The second-order valence-corrected chi connectivity index (χ2v) is 4.83. The summed E-state index contributed by atoms with van der Waals surface area (Å²) in [7, 11) is 0. The van der Waals surface area contributed by atoms with E-state index in [1.165, 1.54) is 19.3 Å². The molecule has 1 saturated carbocycles. The zero-order valence-electron chi connectivity index (χ0n) is 9.91. The summed E-state index contributed by atoms with van der Waals surface area (Å²) in [6.45, 7) is 4.18. The maximum absolute atomic E-state index is 8.87. The Labute approximate surface area is 96.8 Å². The molecule has 2 N–H and O–H groups in total. The first-order valence-corrected chi connectivity index (χ1v) is 6.18. The minimum Gasteiger partial charge on any atom is -0.462 e. The molecule has 0 bridgehead atoms. The van der Waals surface area contributed by atoms with Crippen molar-refractivity contribution in [2.24, 2.45) is 11.8 Å². The largest absolute Gasteiger partial charge is 0.462 e. The van der Waals surface area contributed by atoms with Gasteiger partial charge in [0.2, 0.25) is 0 Å². The first kappa shape index (κ1) is 11.7. The molecule has 0 aliphatic heterocycles. The lowest BCUT2D eigenvalue weighted by Gasteiger charge is -2.15. The van der Waals surface area contributed by atoms with Crippen molar-refractivity contribution < 1.29 is 9.52 Å². The van der Waals surface area contributed by atoms with Crippen LogP contribution < -0.4 is 5.32 Å². The smallest absolute Gasteiger partial charge is 0.129 e. The molecule has 1 heterocycles. The molecule has 3 nitrogen and oxygen atoms in total. The van der Waals surface area contributed by atoms with Gasteiger partial charge < -0.3 is 14.8 Å². The Hall–Kier alpha value is -0.800. The van der Waals surface area contributed by atoms with Crippen LogP contribution in [0.4, 0.5) is 0 Å². The van der Waals surface area contributed by atoms with Crippen LogP contribution in [-0.4, -0.2) is 11.7 Å². The summed E-state index contributed by atoms with van der Waals surface area (Å²) in [5, 5.41) is 12.3. The molecule has 0 aromatic carbocycles. The maximum Gasteiger partial charge on any atom is 0.129 e. The summed E-state index contributed by atoms with van der Waals surface area (Å²) < 4.78 is 5.41. The molecule has 3 heteroatoms. The molecule has 2 atom stereocenters. The zero-order chi connectivity index (χ0) is 11.4. The van der Waals surface area contributed by atoms with Crippen LogP contribution in [0.2, 0.25) is 0 Å². The fourth-order valence-corrected chi connectivity index (χ4v) is 2.51. The lowest BCUT2D eigenvalue weighted by atomic mass is 9.98.